The van der Waals surface area contributed by atoms with E-state index in [9.17, 15) is 13.2 Å². The number of hydrogen-bond acceptors (Lipinski definition) is 6. The molecule has 0 aliphatic carbocycles. The van der Waals surface area contributed by atoms with Gasteiger partial charge in [-0.05, 0) is 38.0 Å². The molecule has 0 radical (unpaired) electrons. The molecule has 9 heteroatoms. The van der Waals surface area contributed by atoms with Crippen LogP contribution < -0.4 is 10.0 Å². The second-order valence-electron chi connectivity index (χ2n) is 6.00. The molecule has 2 rings (SSSR count). The zero-order valence-corrected chi connectivity index (χ0v) is 15.1. The van der Waals surface area contributed by atoms with Gasteiger partial charge in [-0.25, -0.2) is 17.9 Å². The number of carboxylic acid groups (broad SMARTS) is 1. The van der Waals surface area contributed by atoms with E-state index in [-0.39, 0.29) is 29.1 Å². The Balaban J connectivity index is 2.26. The van der Waals surface area contributed by atoms with E-state index in [0.717, 1.165) is 18.9 Å². The number of carboxylic acids is 1. The molecule has 140 valence electrons. The maximum Gasteiger partial charge on any atom is 0.335 e. The van der Waals surface area contributed by atoms with Gasteiger partial charge in [0.15, 0.2) is 0 Å². The van der Waals surface area contributed by atoms with Crippen molar-refractivity contribution in [2.75, 3.05) is 32.2 Å². The van der Waals surface area contributed by atoms with E-state index in [4.69, 9.17) is 14.6 Å². The molecule has 1 fully saturated rings. The Morgan fingerprint density at radius 2 is 2.24 bits per heavy atom. The van der Waals surface area contributed by atoms with Crippen molar-refractivity contribution in [2.24, 2.45) is 0 Å². The minimum atomic E-state index is -3.89. The predicted octanol–water partition coefficient (Wildman–Crippen LogP) is 1.29. The Morgan fingerprint density at radius 3 is 2.84 bits per heavy atom. The highest BCUT2D eigenvalue weighted by atomic mass is 32.2. The van der Waals surface area contributed by atoms with Crippen LogP contribution in [0.25, 0.3) is 0 Å². The first-order valence-electron chi connectivity index (χ1n) is 8.07. The lowest BCUT2D eigenvalue weighted by atomic mass is 10.2. The molecule has 25 heavy (non-hydrogen) atoms. The van der Waals surface area contributed by atoms with Crippen LogP contribution in [0.4, 0.5) is 5.69 Å². The minimum Gasteiger partial charge on any atom is -0.478 e. The van der Waals surface area contributed by atoms with Gasteiger partial charge in [-0.3, -0.25) is 0 Å². The van der Waals surface area contributed by atoms with Crippen LogP contribution in [0.1, 0.15) is 30.1 Å². The van der Waals surface area contributed by atoms with E-state index in [1.165, 1.54) is 12.1 Å². The number of methoxy groups -OCH3 is 1. The van der Waals surface area contributed by atoms with Gasteiger partial charge in [0, 0.05) is 26.3 Å². The second-order valence-corrected chi connectivity index (χ2v) is 7.74. The molecule has 0 saturated carbocycles. The molecular weight excluding hydrogens is 348 g/mol. The van der Waals surface area contributed by atoms with Crippen LogP contribution >= 0.6 is 0 Å². The highest BCUT2D eigenvalue weighted by Gasteiger charge is 2.24. The lowest BCUT2D eigenvalue weighted by Gasteiger charge is -2.19. The van der Waals surface area contributed by atoms with Crippen LogP contribution in [0.15, 0.2) is 23.1 Å². The first kappa shape index (κ1) is 19.6. The topological polar surface area (TPSA) is 114 Å². The first-order valence-corrected chi connectivity index (χ1v) is 9.56. The number of sulfonamides is 1. The average Bonchev–Trinajstić information content (AvgIpc) is 3.07. The number of hydrogen-bond donors (Lipinski definition) is 3. The van der Waals surface area contributed by atoms with Crippen LogP contribution in [-0.2, 0) is 19.5 Å². The highest BCUT2D eigenvalue weighted by molar-refractivity contribution is 7.89. The molecule has 1 aromatic carbocycles. The van der Waals surface area contributed by atoms with Crippen molar-refractivity contribution in [3.63, 3.8) is 0 Å². The van der Waals surface area contributed by atoms with Crippen molar-refractivity contribution >= 4 is 21.7 Å². The van der Waals surface area contributed by atoms with Crippen molar-refractivity contribution in [3.05, 3.63) is 23.8 Å². The van der Waals surface area contributed by atoms with Crippen LogP contribution in [0.5, 0.6) is 0 Å². The molecule has 0 aromatic heterocycles. The Kier molecular flexibility index (Phi) is 6.77. The smallest absolute Gasteiger partial charge is 0.335 e. The van der Waals surface area contributed by atoms with Gasteiger partial charge in [-0.1, -0.05) is 0 Å². The lowest BCUT2D eigenvalue weighted by Crippen LogP contribution is -2.33. The third-order valence-corrected chi connectivity index (χ3v) is 5.33. The number of carbonyl (C=O) groups is 1. The minimum absolute atomic E-state index is 0.0950. The lowest BCUT2D eigenvalue weighted by molar-refractivity contribution is 0.0696. The van der Waals surface area contributed by atoms with Gasteiger partial charge in [-0.2, -0.15) is 0 Å². The largest absolute Gasteiger partial charge is 0.478 e. The van der Waals surface area contributed by atoms with Crippen molar-refractivity contribution in [3.8, 4) is 0 Å². The molecular formula is C16H24N2O6S. The summed E-state index contributed by atoms with van der Waals surface area (Å²) in [7, 11) is -2.34. The molecule has 3 N–H and O–H groups in total. The molecule has 1 saturated heterocycles. The van der Waals surface area contributed by atoms with Gasteiger partial charge in [0.1, 0.15) is 4.90 Å². The van der Waals surface area contributed by atoms with Gasteiger partial charge >= 0.3 is 5.97 Å². The van der Waals surface area contributed by atoms with Gasteiger partial charge < -0.3 is 19.9 Å². The average molecular weight is 372 g/mol. The maximum atomic E-state index is 12.7. The predicted molar refractivity (Wildman–Crippen MR) is 92.5 cm³/mol. The van der Waals surface area contributed by atoms with Crippen LogP contribution in [0.3, 0.4) is 0 Å². The molecule has 0 spiro atoms. The summed E-state index contributed by atoms with van der Waals surface area (Å²) in [6.45, 7) is 3.00. The number of benzene rings is 1. The Bertz CT molecular complexity index is 701. The third kappa shape index (κ3) is 5.40. The van der Waals surface area contributed by atoms with Gasteiger partial charge in [0.25, 0.3) is 0 Å². The summed E-state index contributed by atoms with van der Waals surface area (Å²) in [5.74, 6) is -1.19. The molecule has 0 amide bonds. The molecule has 1 aromatic rings. The summed E-state index contributed by atoms with van der Waals surface area (Å²) in [5, 5.41) is 12.2. The summed E-state index contributed by atoms with van der Waals surface area (Å²) in [6.07, 6.45) is 1.55. The van der Waals surface area contributed by atoms with E-state index in [0.29, 0.717) is 18.9 Å². The molecule has 0 bridgehead atoms. The van der Waals surface area contributed by atoms with Crippen molar-refractivity contribution in [2.45, 2.75) is 36.8 Å². The SMILES string of the molecule is COC[C@H](C)Nc1ccc(C(=O)O)cc1S(=O)(=O)NC[C@H]1CCCO1. The van der Waals surface area contributed by atoms with E-state index >= 15 is 0 Å². The van der Waals surface area contributed by atoms with E-state index in [2.05, 4.69) is 10.0 Å². The first-order chi connectivity index (χ1) is 11.8. The molecule has 0 unspecified atom stereocenters. The summed E-state index contributed by atoms with van der Waals surface area (Å²) < 4.78 is 38.4. The van der Waals surface area contributed by atoms with Gasteiger partial charge in [-0.15, -0.1) is 0 Å². The van der Waals surface area contributed by atoms with Crippen molar-refractivity contribution < 1.29 is 27.8 Å². The highest BCUT2D eigenvalue weighted by Crippen LogP contribution is 2.24. The zero-order chi connectivity index (χ0) is 18.4. The van der Waals surface area contributed by atoms with Crippen LogP contribution in [0.2, 0.25) is 0 Å². The van der Waals surface area contributed by atoms with E-state index < -0.39 is 16.0 Å². The van der Waals surface area contributed by atoms with Gasteiger partial charge in [0.05, 0.1) is 24.0 Å². The normalized spacial score (nSPS) is 18.9. The fraction of sp³-hybridized carbons (Fsp3) is 0.562. The Morgan fingerprint density at radius 1 is 1.48 bits per heavy atom. The van der Waals surface area contributed by atoms with Crippen LogP contribution in [-0.4, -0.2) is 58.5 Å². The fourth-order valence-corrected chi connectivity index (χ4v) is 3.90. The van der Waals surface area contributed by atoms with Crippen LogP contribution in [0, 0.1) is 0 Å². The number of aromatic carboxylic acids is 1. The fourth-order valence-electron chi connectivity index (χ4n) is 2.64. The standard InChI is InChI=1S/C16H24N2O6S/c1-11(10-23-2)18-14-6-5-12(16(19)20)8-15(14)25(21,22)17-9-13-4-3-7-24-13/h5-6,8,11,13,17-18H,3-4,7,9-10H2,1-2H3,(H,19,20)/t11-,13+/m0/s1. The van der Waals surface area contributed by atoms with E-state index in [1.54, 1.807) is 7.11 Å². The third-order valence-electron chi connectivity index (χ3n) is 3.86. The number of anilines is 1. The monoisotopic (exact) mass is 372 g/mol. The molecule has 1 aliphatic heterocycles. The summed E-state index contributed by atoms with van der Waals surface area (Å²) in [4.78, 5) is 11.1. The molecule has 8 nitrogen and oxygen atoms in total. The van der Waals surface area contributed by atoms with Gasteiger partial charge in [0.2, 0.25) is 10.0 Å². The van der Waals surface area contributed by atoms with Crippen molar-refractivity contribution in [1.82, 2.24) is 4.72 Å². The molecule has 1 heterocycles. The second kappa shape index (κ2) is 8.61. The molecule has 1 aliphatic rings. The Labute approximate surface area is 147 Å². The zero-order valence-electron chi connectivity index (χ0n) is 14.3. The summed E-state index contributed by atoms with van der Waals surface area (Å²) in [6, 6.07) is 3.83. The quantitative estimate of drug-likeness (QED) is 0.598. The summed E-state index contributed by atoms with van der Waals surface area (Å²) in [5.41, 5.74) is 0.233. The number of rotatable bonds is 9. The summed E-state index contributed by atoms with van der Waals surface area (Å²) >= 11 is 0. The molecule has 2 atom stereocenters. The Hall–Kier alpha value is -1.68. The number of ether oxygens (including phenoxy) is 2. The maximum absolute atomic E-state index is 12.7. The van der Waals surface area contributed by atoms with E-state index in [1.807, 2.05) is 6.92 Å². The van der Waals surface area contributed by atoms with Crippen molar-refractivity contribution in [1.29, 1.82) is 0 Å². The number of nitrogens with one attached hydrogen (secondary N) is 2.